The van der Waals surface area contributed by atoms with Crippen LogP contribution in [0.2, 0.25) is 0 Å². The number of hydrogen-bond acceptors (Lipinski definition) is 5. The number of hydrogen-bond donors (Lipinski definition) is 0. The Hall–Kier alpha value is -2.95. The largest absolute Gasteiger partial charge is 0.482 e. The zero-order valence-corrected chi connectivity index (χ0v) is 15.9. The van der Waals surface area contributed by atoms with E-state index in [1.165, 1.54) is 0 Å². The molecule has 0 aliphatic rings. The van der Waals surface area contributed by atoms with Gasteiger partial charge in [0.05, 0.1) is 0 Å². The molecule has 1 atom stereocenters. The van der Waals surface area contributed by atoms with Crippen LogP contribution in [0.5, 0.6) is 5.75 Å². The molecule has 27 heavy (non-hydrogen) atoms. The van der Waals surface area contributed by atoms with E-state index < -0.39 is 12.1 Å². The molecule has 0 heterocycles. The Labute approximate surface area is 159 Å². The molecule has 0 aromatic heterocycles. The van der Waals surface area contributed by atoms with Crippen molar-refractivity contribution in [2.45, 2.75) is 39.7 Å². The highest BCUT2D eigenvalue weighted by Crippen LogP contribution is 2.14. The molecular weight excluding hydrogens is 344 g/mol. The fraction of sp³-hybridized carbons (Fsp3) is 0.318. The van der Waals surface area contributed by atoms with Gasteiger partial charge in [-0.25, -0.2) is 4.79 Å². The van der Waals surface area contributed by atoms with E-state index in [9.17, 15) is 14.4 Å². The fourth-order valence-electron chi connectivity index (χ4n) is 2.51. The summed E-state index contributed by atoms with van der Waals surface area (Å²) < 4.78 is 10.5. The first-order valence-corrected chi connectivity index (χ1v) is 9.03. The summed E-state index contributed by atoms with van der Waals surface area (Å²) in [6.07, 6.45) is 0.432. The molecule has 0 fully saturated rings. The Bertz CT molecular complexity index is 790. The molecule has 1 unspecified atom stereocenters. The van der Waals surface area contributed by atoms with Crippen molar-refractivity contribution in [1.82, 2.24) is 0 Å². The minimum absolute atomic E-state index is 0.0419. The third-order valence-electron chi connectivity index (χ3n) is 4.18. The van der Waals surface area contributed by atoms with Crippen LogP contribution < -0.4 is 4.74 Å². The van der Waals surface area contributed by atoms with Crippen LogP contribution in [0, 0.1) is 0 Å². The lowest BCUT2D eigenvalue weighted by atomic mass is 10.0. The quantitative estimate of drug-likeness (QED) is 0.494. The van der Waals surface area contributed by atoms with Gasteiger partial charge in [-0.2, -0.15) is 0 Å². The van der Waals surface area contributed by atoms with Gasteiger partial charge in [-0.05, 0) is 43.2 Å². The third kappa shape index (κ3) is 5.78. The number of rotatable bonds is 9. The predicted octanol–water partition coefficient (Wildman–Crippen LogP) is 4.04. The van der Waals surface area contributed by atoms with Gasteiger partial charge in [0.15, 0.2) is 18.5 Å². The van der Waals surface area contributed by atoms with Gasteiger partial charge in [-0.1, -0.05) is 38.1 Å². The lowest BCUT2D eigenvalue weighted by molar-refractivity contribution is -0.148. The summed E-state index contributed by atoms with van der Waals surface area (Å²) in [5.74, 6) is -0.392. The molecule has 2 rings (SSSR count). The SMILES string of the molecule is CCC(=O)c1ccc(OCC(=O)OC(C)C(=O)c2ccc(CC)cc2)cc1. The van der Waals surface area contributed by atoms with Crippen molar-refractivity contribution in [2.24, 2.45) is 0 Å². The molecule has 2 aromatic carbocycles. The minimum atomic E-state index is -0.891. The molecule has 5 heteroatoms. The number of carbonyl (C=O) groups is 3. The molecule has 142 valence electrons. The zero-order valence-electron chi connectivity index (χ0n) is 15.9. The van der Waals surface area contributed by atoms with Crippen molar-refractivity contribution in [3.8, 4) is 5.75 Å². The predicted molar refractivity (Wildman–Crippen MR) is 102 cm³/mol. The molecule has 0 spiro atoms. The van der Waals surface area contributed by atoms with Gasteiger partial charge in [-0.3, -0.25) is 9.59 Å². The van der Waals surface area contributed by atoms with E-state index in [0.717, 1.165) is 12.0 Å². The van der Waals surface area contributed by atoms with Crippen LogP contribution in [0.1, 0.15) is 53.5 Å². The first kappa shape index (κ1) is 20.4. The number of benzene rings is 2. The second-order valence-electron chi connectivity index (χ2n) is 6.14. The van der Waals surface area contributed by atoms with E-state index in [-0.39, 0.29) is 18.2 Å². The highest BCUT2D eigenvalue weighted by atomic mass is 16.6. The third-order valence-corrected chi connectivity index (χ3v) is 4.18. The summed E-state index contributed by atoms with van der Waals surface area (Å²) in [7, 11) is 0. The van der Waals surface area contributed by atoms with Crippen LogP contribution in [0.4, 0.5) is 0 Å². The van der Waals surface area contributed by atoms with Gasteiger partial charge in [0.25, 0.3) is 0 Å². The Morgan fingerprint density at radius 3 is 2.04 bits per heavy atom. The molecule has 0 saturated heterocycles. The van der Waals surface area contributed by atoms with Crippen molar-refractivity contribution in [3.05, 3.63) is 65.2 Å². The van der Waals surface area contributed by atoms with E-state index in [1.807, 2.05) is 19.1 Å². The molecule has 0 saturated carbocycles. The van der Waals surface area contributed by atoms with E-state index in [1.54, 1.807) is 50.2 Å². The normalized spacial score (nSPS) is 11.5. The monoisotopic (exact) mass is 368 g/mol. The number of ether oxygens (including phenoxy) is 2. The van der Waals surface area contributed by atoms with Gasteiger partial charge < -0.3 is 9.47 Å². The molecule has 2 aromatic rings. The van der Waals surface area contributed by atoms with Gasteiger partial charge in [0, 0.05) is 17.5 Å². The summed E-state index contributed by atoms with van der Waals surface area (Å²) in [4.78, 5) is 35.8. The van der Waals surface area contributed by atoms with E-state index in [2.05, 4.69) is 0 Å². The Morgan fingerprint density at radius 1 is 0.889 bits per heavy atom. The topological polar surface area (TPSA) is 69.7 Å². The van der Waals surface area contributed by atoms with Gasteiger partial charge >= 0.3 is 5.97 Å². The van der Waals surface area contributed by atoms with Crippen LogP contribution in [0.3, 0.4) is 0 Å². The summed E-state index contributed by atoms with van der Waals surface area (Å²) in [5, 5.41) is 0. The van der Waals surface area contributed by atoms with Crippen LogP contribution in [-0.4, -0.2) is 30.2 Å². The highest BCUT2D eigenvalue weighted by molar-refractivity contribution is 6.00. The highest BCUT2D eigenvalue weighted by Gasteiger charge is 2.19. The van der Waals surface area contributed by atoms with Crippen LogP contribution in [-0.2, 0) is 16.0 Å². The Kier molecular flexibility index (Phi) is 7.29. The molecule has 0 radical (unpaired) electrons. The number of ketones is 2. The van der Waals surface area contributed by atoms with Crippen LogP contribution in [0.15, 0.2) is 48.5 Å². The lowest BCUT2D eigenvalue weighted by Gasteiger charge is -2.13. The van der Waals surface area contributed by atoms with Crippen LogP contribution in [0.25, 0.3) is 0 Å². The average molecular weight is 368 g/mol. The second kappa shape index (κ2) is 9.67. The van der Waals surface area contributed by atoms with Crippen molar-refractivity contribution >= 4 is 17.5 Å². The summed E-state index contributed by atoms with van der Waals surface area (Å²) >= 11 is 0. The van der Waals surface area contributed by atoms with Crippen molar-refractivity contribution in [2.75, 3.05) is 6.61 Å². The van der Waals surface area contributed by atoms with Crippen molar-refractivity contribution in [1.29, 1.82) is 0 Å². The molecular formula is C22H24O5. The molecule has 0 N–H and O–H groups in total. The smallest absolute Gasteiger partial charge is 0.344 e. The van der Waals surface area contributed by atoms with Gasteiger partial charge in [-0.15, -0.1) is 0 Å². The average Bonchev–Trinajstić information content (AvgIpc) is 2.71. The first-order valence-electron chi connectivity index (χ1n) is 9.03. The second-order valence-corrected chi connectivity index (χ2v) is 6.14. The molecule has 0 bridgehead atoms. The molecule has 0 aliphatic carbocycles. The number of Topliss-reactive ketones (excluding diaryl/α,β-unsaturated/α-hetero) is 2. The molecule has 0 aliphatic heterocycles. The maximum atomic E-state index is 12.3. The van der Waals surface area contributed by atoms with Gasteiger partial charge in [0.2, 0.25) is 5.78 Å². The zero-order chi connectivity index (χ0) is 19.8. The molecule has 5 nitrogen and oxygen atoms in total. The number of esters is 1. The minimum Gasteiger partial charge on any atom is -0.482 e. The van der Waals surface area contributed by atoms with E-state index >= 15 is 0 Å². The van der Waals surface area contributed by atoms with Crippen LogP contribution >= 0.6 is 0 Å². The summed E-state index contributed by atoms with van der Waals surface area (Å²) in [6.45, 7) is 5.06. The fourth-order valence-corrected chi connectivity index (χ4v) is 2.51. The van der Waals surface area contributed by atoms with E-state index in [4.69, 9.17) is 9.47 Å². The van der Waals surface area contributed by atoms with Crippen molar-refractivity contribution < 1.29 is 23.9 Å². The summed E-state index contributed by atoms with van der Waals surface area (Å²) in [6, 6.07) is 13.8. The van der Waals surface area contributed by atoms with Crippen molar-refractivity contribution in [3.63, 3.8) is 0 Å². The number of aryl methyl sites for hydroxylation is 1. The standard InChI is InChI=1S/C22H24O5/c1-4-16-6-8-18(9-7-16)22(25)15(3)27-21(24)14-26-19-12-10-17(11-13-19)20(23)5-2/h6-13,15H,4-5,14H2,1-3H3. The molecule has 0 amide bonds. The summed E-state index contributed by atoms with van der Waals surface area (Å²) in [5.41, 5.74) is 2.24. The maximum Gasteiger partial charge on any atom is 0.344 e. The first-order chi connectivity index (χ1) is 12.9. The lowest BCUT2D eigenvalue weighted by Crippen LogP contribution is -2.27. The van der Waals surface area contributed by atoms with E-state index in [0.29, 0.717) is 23.3 Å². The maximum absolute atomic E-state index is 12.3. The number of carbonyl (C=O) groups excluding carboxylic acids is 3. The van der Waals surface area contributed by atoms with Gasteiger partial charge in [0.1, 0.15) is 5.75 Å². The Balaban J connectivity index is 1.85. The Morgan fingerprint density at radius 2 is 1.48 bits per heavy atom.